The molecule has 0 saturated heterocycles. The number of hydrogen-bond donors (Lipinski definition) is 1. The Hall–Kier alpha value is -1.81. The minimum absolute atomic E-state index is 0.0119. The molecule has 0 radical (unpaired) electrons. The van der Waals surface area contributed by atoms with Gasteiger partial charge in [-0.05, 0) is 37.1 Å². The molecule has 4 heteroatoms. The Morgan fingerprint density at radius 2 is 2.05 bits per heavy atom. The summed E-state index contributed by atoms with van der Waals surface area (Å²) in [5.41, 5.74) is 1.29. The summed E-state index contributed by atoms with van der Waals surface area (Å²) >= 11 is 1.56. The van der Waals surface area contributed by atoms with Crippen molar-refractivity contribution in [2.75, 3.05) is 13.2 Å². The van der Waals surface area contributed by atoms with E-state index in [-0.39, 0.29) is 5.91 Å². The van der Waals surface area contributed by atoms with Crippen molar-refractivity contribution in [3.63, 3.8) is 0 Å². The Bertz CT molecular complexity index is 578. The van der Waals surface area contributed by atoms with Crippen molar-refractivity contribution in [2.24, 2.45) is 0 Å². The van der Waals surface area contributed by atoms with Crippen LogP contribution in [0.25, 0.3) is 0 Å². The molecule has 2 rings (SSSR count). The van der Waals surface area contributed by atoms with E-state index in [1.165, 1.54) is 10.4 Å². The molecule has 1 aromatic heterocycles. The van der Waals surface area contributed by atoms with Gasteiger partial charge >= 0.3 is 0 Å². The molecule has 0 aliphatic carbocycles. The van der Waals surface area contributed by atoms with Gasteiger partial charge in [-0.3, -0.25) is 4.79 Å². The second-order valence-corrected chi connectivity index (χ2v) is 6.12. The number of carbonyl (C=O) groups is 1. The molecule has 0 spiro atoms. The predicted octanol–water partition coefficient (Wildman–Crippen LogP) is 3.82. The van der Waals surface area contributed by atoms with E-state index in [2.05, 4.69) is 19.2 Å². The Labute approximate surface area is 130 Å². The molecule has 21 heavy (non-hydrogen) atoms. The van der Waals surface area contributed by atoms with Crippen LogP contribution >= 0.6 is 11.3 Å². The van der Waals surface area contributed by atoms with Crippen molar-refractivity contribution in [1.82, 2.24) is 5.32 Å². The summed E-state index contributed by atoms with van der Waals surface area (Å²) in [6, 6.07) is 11.6. The smallest absolute Gasteiger partial charge is 0.261 e. The molecule has 1 heterocycles. The topological polar surface area (TPSA) is 38.3 Å². The zero-order chi connectivity index (χ0) is 15.1. The Balaban J connectivity index is 1.78. The van der Waals surface area contributed by atoms with Crippen LogP contribution in [-0.2, 0) is 6.42 Å². The maximum atomic E-state index is 12.1. The highest BCUT2D eigenvalue weighted by molar-refractivity contribution is 7.14. The molecule has 112 valence electrons. The molecule has 3 nitrogen and oxygen atoms in total. The van der Waals surface area contributed by atoms with E-state index in [0.29, 0.717) is 13.2 Å². The van der Waals surface area contributed by atoms with Gasteiger partial charge in [0.15, 0.2) is 0 Å². The lowest BCUT2D eigenvalue weighted by Gasteiger charge is -2.06. The standard InChI is InChI=1S/C17H21NO2S/c1-3-7-14-12-16(21-13(14)2)17(19)18-10-11-20-15-8-5-4-6-9-15/h4-6,8-9,12H,3,7,10-11H2,1-2H3,(H,18,19). The molecule has 1 N–H and O–H groups in total. The zero-order valence-corrected chi connectivity index (χ0v) is 13.3. The number of para-hydroxylation sites is 1. The van der Waals surface area contributed by atoms with E-state index < -0.39 is 0 Å². The van der Waals surface area contributed by atoms with Gasteiger partial charge in [-0.2, -0.15) is 0 Å². The highest BCUT2D eigenvalue weighted by Crippen LogP contribution is 2.22. The average molecular weight is 303 g/mol. The van der Waals surface area contributed by atoms with E-state index in [4.69, 9.17) is 4.74 Å². The number of rotatable bonds is 7. The lowest BCUT2D eigenvalue weighted by molar-refractivity contribution is 0.0951. The molecular weight excluding hydrogens is 282 g/mol. The summed E-state index contributed by atoms with van der Waals surface area (Å²) < 4.78 is 5.55. The number of benzene rings is 1. The number of carbonyl (C=O) groups excluding carboxylic acids is 1. The second kappa shape index (κ2) is 7.84. The van der Waals surface area contributed by atoms with Crippen molar-refractivity contribution in [3.8, 4) is 5.75 Å². The van der Waals surface area contributed by atoms with Crippen molar-refractivity contribution in [2.45, 2.75) is 26.7 Å². The number of ether oxygens (including phenoxy) is 1. The van der Waals surface area contributed by atoms with Crippen LogP contribution in [0, 0.1) is 6.92 Å². The molecule has 0 atom stereocenters. The van der Waals surface area contributed by atoms with Crippen molar-refractivity contribution < 1.29 is 9.53 Å². The van der Waals surface area contributed by atoms with Gasteiger partial charge in [0.2, 0.25) is 0 Å². The monoisotopic (exact) mass is 303 g/mol. The molecule has 0 saturated carbocycles. The van der Waals surface area contributed by atoms with Gasteiger partial charge in [0.05, 0.1) is 11.4 Å². The molecular formula is C17H21NO2S. The van der Waals surface area contributed by atoms with Crippen LogP contribution in [0.1, 0.15) is 33.5 Å². The Morgan fingerprint density at radius 1 is 1.29 bits per heavy atom. The Kier molecular flexibility index (Phi) is 5.81. The largest absolute Gasteiger partial charge is 0.492 e. The van der Waals surface area contributed by atoms with Gasteiger partial charge in [0.25, 0.3) is 5.91 Å². The van der Waals surface area contributed by atoms with E-state index >= 15 is 0 Å². The summed E-state index contributed by atoms with van der Waals surface area (Å²) in [6.07, 6.45) is 2.14. The summed E-state index contributed by atoms with van der Waals surface area (Å²) in [5, 5.41) is 2.90. The second-order valence-electron chi connectivity index (χ2n) is 4.86. The van der Waals surface area contributed by atoms with Crippen LogP contribution < -0.4 is 10.1 Å². The van der Waals surface area contributed by atoms with Crippen LogP contribution in [0.4, 0.5) is 0 Å². The number of hydrogen-bond acceptors (Lipinski definition) is 3. The third-order valence-corrected chi connectivity index (χ3v) is 4.25. The van der Waals surface area contributed by atoms with Crippen molar-refractivity contribution in [3.05, 3.63) is 51.7 Å². The van der Waals surface area contributed by atoms with Crippen molar-refractivity contribution in [1.29, 1.82) is 0 Å². The quantitative estimate of drug-likeness (QED) is 0.790. The van der Waals surface area contributed by atoms with Crippen LogP contribution in [0.15, 0.2) is 36.4 Å². The Morgan fingerprint density at radius 3 is 2.76 bits per heavy atom. The SMILES string of the molecule is CCCc1cc(C(=O)NCCOc2ccccc2)sc1C. The molecule has 1 aromatic carbocycles. The highest BCUT2D eigenvalue weighted by Gasteiger charge is 2.11. The third kappa shape index (κ3) is 4.60. The number of thiophene rings is 1. The molecule has 0 unspecified atom stereocenters. The fourth-order valence-electron chi connectivity index (χ4n) is 2.09. The predicted molar refractivity (Wildman–Crippen MR) is 87.3 cm³/mol. The van der Waals surface area contributed by atoms with Crippen LogP contribution in [0.3, 0.4) is 0 Å². The molecule has 0 fully saturated rings. The van der Waals surface area contributed by atoms with Crippen LogP contribution in [0.5, 0.6) is 5.75 Å². The molecule has 1 amide bonds. The fourth-order valence-corrected chi connectivity index (χ4v) is 3.07. The van der Waals surface area contributed by atoms with E-state index in [1.807, 2.05) is 36.4 Å². The summed E-state index contributed by atoms with van der Waals surface area (Å²) in [4.78, 5) is 14.1. The maximum Gasteiger partial charge on any atom is 0.261 e. The van der Waals surface area contributed by atoms with Crippen molar-refractivity contribution >= 4 is 17.2 Å². The molecule has 2 aromatic rings. The van der Waals surface area contributed by atoms with Crippen LogP contribution in [0.2, 0.25) is 0 Å². The third-order valence-electron chi connectivity index (χ3n) is 3.16. The lowest BCUT2D eigenvalue weighted by Crippen LogP contribution is -2.27. The summed E-state index contributed by atoms with van der Waals surface area (Å²) in [7, 11) is 0. The molecule has 0 bridgehead atoms. The van der Waals surface area contributed by atoms with Crippen LogP contribution in [-0.4, -0.2) is 19.1 Å². The van der Waals surface area contributed by atoms with Gasteiger partial charge in [0.1, 0.15) is 12.4 Å². The number of aryl methyl sites for hydroxylation is 2. The number of nitrogens with one attached hydrogen (secondary N) is 1. The minimum Gasteiger partial charge on any atom is -0.492 e. The first-order valence-corrected chi connectivity index (χ1v) is 8.07. The van der Waals surface area contributed by atoms with E-state index in [0.717, 1.165) is 23.5 Å². The zero-order valence-electron chi connectivity index (χ0n) is 12.5. The molecule has 0 aliphatic rings. The fraction of sp³-hybridized carbons (Fsp3) is 0.353. The summed E-state index contributed by atoms with van der Waals surface area (Å²) in [5.74, 6) is 0.811. The molecule has 0 aliphatic heterocycles. The van der Waals surface area contributed by atoms with Gasteiger partial charge in [-0.25, -0.2) is 0 Å². The summed E-state index contributed by atoms with van der Waals surface area (Å²) in [6.45, 7) is 5.21. The van der Waals surface area contributed by atoms with E-state index in [1.54, 1.807) is 11.3 Å². The first-order valence-electron chi connectivity index (χ1n) is 7.26. The van der Waals surface area contributed by atoms with Gasteiger partial charge in [-0.1, -0.05) is 31.5 Å². The van der Waals surface area contributed by atoms with E-state index in [9.17, 15) is 4.79 Å². The maximum absolute atomic E-state index is 12.1. The average Bonchev–Trinajstić information content (AvgIpc) is 2.86. The van der Waals surface area contributed by atoms with Gasteiger partial charge < -0.3 is 10.1 Å². The minimum atomic E-state index is -0.0119. The lowest BCUT2D eigenvalue weighted by atomic mass is 10.1. The highest BCUT2D eigenvalue weighted by atomic mass is 32.1. The normalized spacial score (nSPS) is 10.4. The first kappa shape index (κ1) is 15.6. The number of amides is 1. The van der Waals surface area contributed by atoms with Gasteiger partial charge in [-0.15, -0.1) is 11.3 Å². The first-order chi connectivity index (χ1) is 10.2. The van der Waals surface area contributed by atoms with Gasteiger partial charge in [0, 0.05) is 4.88 Å².